The van der Waals surface area contributed by atoms with Crippen molar-refractivity contribution in [1.29, 1.82) is 0 Å². The van der Waals surface area contributed by atoms with Crippen LogP contribution in [0.25, 0.3) is 0 Å². The third-order valence-electron chi connectivity index (χ3n) is 6.48. The number of carboxylic acid groups (broad SMARTS) is 1. The summed E-state index contributed by atoms with van der Waals surface area (Å²) in [7, 11) is 0. The second-order valence-corrected chi connectivity index (χ2v) is 10.2. The van der Waals surface area contributed by atoms with Gasteiger partial charge in [-0.2, -0.15) is 8.78 Å². The molecule has 3 rings (SSSR count). The summed E-state index contributed by atoms with van der Waals surface area (Å²) in [6.45, 7) is 4.42. The van der Waals surface area contributed by atoms with Crippen molar-refractivity contribution < 1.29 is 37.4 Å². The molecule has 2 heterocycles. The van der Waals surface area contributed by atoms with Crippen LogP contribution in [0.1, 0.15) is 56.9 Å². The molecule has 37 heavy (non-hydrogen) atoms. The molecule has 1 aliphatic heterocycles. The average molecular weight is 522 g/mol. The lowest BCUT2D eigenvalue weighted by molar-refractivity contribution is -0.155. The highest BCUT2D eigenvalue weighted by atomic mass is 19.3. The number of carbonyl (C=O) groups is 3. The second kappa shape index (κ2) is 10.4. The summed E-state index contributed by atoms with van der Waals surface area (Å²) in [6.07, 6.45) is -0.317. The van der Waals surface area contributed by atoms with Crippen molar-refractivity contribution in [1.82, 2.24) is 9.88 Å². The van der Waals surface area contributed by atoms with Crippen molar-refractivity contribution in [3.05, 3.63) is 53.0 Å². The summed E-state index contributed by atoms with van der Waals surface area (Å²) in [5.74, 6) is -3.70. The van der Waals surface area contributed by atoms with Crippen LogP contribution in [0.3, 0.4) is 0 Å². The van der Waals surface area contributed by atoms with Crippen LogP contribution in [0, 0.1) is 18.2 Å². The highest BCUT2D eigenvalue weighted by molar-refractivity contribution is 6.03. The van der Waals surface area contributed by atoms with Gasteiger partial charge in [0.2, 0.25) is 17.7 Å². The molecule has 2 aromatic rings. The van der Waals surface area contributed by atoms with E-state index in [2.05, 4.69) is 15.0 Å². The third kappa shape index (κ3) is 5.70. The fraction of sp³-hybridized carbons (Fsp3) is 0.462. The molecule has 0 saturated carbocycles. The number of carbonyl (C=O) groups excluding carboxylic acids is 2. The van der Waals surface area contributed by atoms with Gasteiger partial charge in [0.1, 0.15) is 16.9 Å². The number of ether oxygens (including phenoxy) is 1. The lowest BCUT2D eigenvalue weighted by Crippen LogP contribution is -2.67. The molecule has 2 amide bonds. The van der Waals surface area contributed by atoms with E-state index in [-0.39, 0.29) is 36.7 Å². The van der Waals surface area contributed by atoms with Gasteiger partial charge in [-0.1, -0.05) is 26.0 Å². The van der Waals surface area contributed by atoms with Gasteiger partial charge in [-0.25, -0.2) is 9.37 Å². The monoisotopic (exact) mass is 521 g/mol. The molecule has 1 fully saturated rings. The Balaban J connectivity index is 2.01. The summed E-state index contributed by atoms with van der Waals surface area (Å²) in [5.41, 5.74) is -2.00. The fourth-order valence-corrected chi connectivity index (χ4v) is 4.33. The highest BCUT2D eigenvalue weighted by Gasteiger charge is 2.55. The Morgan fingerprint density at radius 1 is 1.19 bits per heavy atom. The van der Waals surface area contributed by atoms with Gasteiger partial charge in [-0.15, -0.1) is 0 Å². The van der Waals surface area contributed by atoms with E-state index < -0.39 is 46.9 Å². The number of alkyl halides is 2. The Labute approximate surface area is 212 Å². The summed E-state index contributed by atoms with van der Waals surface area (Å²) in [6, 6.07) is 7.28. The highest BCUT2D eigenvalue weighted by Crippen LogP contribution is 2.42. The SMILES string of the molecule is Cc1ccc(NC(=O)C2(c3c(F)cccc3C(C)C)CN(C(=O)CC(C)(C)C(=O)O)C2)c(OC(F)F)n1. The second-order valence-electron chi connectivity index (χ2n) is 10.2. The van der Waals surface area contributed by atoms with Gasteiger partial charge < -0.3 is 20.1 Å². The molecule has 0 bridgehead atoms. The van der Waals surface area contributed by atoms with Crippen LogP contribution in [0.15, 0.2) is 30.3 Å². The molecule has 0 unspecified atom stereocenters. The summed E-state index contributed by atoms with van der Waals surface area (Å²) in [4.78, 5) is 43.3. The van der Waals surface area contributed by atoms with Crippen molar-refractivity contribution >= 4 is 23.5 Å². The molecule has 1 saturated heterocycles. The number of hydrogen-bond acceptors (Lipinski definition) is 5. The number of amides is 2. The summed E-state index contributed by atoms with van der Waals surface area (Å²) < 4.78 is 45.7. The van der Waals surface area contributed by atoms with Crippen LogP contribution < -0.4 is 10.1 Å². The van der Waals surface area contributed by atoms with Crippen LogP contribution in [0.2, 0.25) is 0 Å². The Kier molecular flexibility index (Phi) is 7.85. The largest absolute Gasteiger partial charge is 0.481 e. The first-order valence-corrected chi connectivity index (χ1v) is 11.7. The number of likely N-dealkylation sites (tertiary alicyclic amines) is 1. The number of pyridine rings is 1. The molecule has 0 aliphatic carbocycles. The van der Waals surface area contributed by atoms with Crippen molar-refractivity contribution in [3.8, 4) is 5.88 Å². The minimum absolute atomic E-state index is 0.0976. The molecule has 8 nitrogen and oxygen atoms in total. The Bertz CT molecular complexity index is 1210. The van der Waals surface area contributed by atoms with E-state index in [9.17, 15) is 28.3 Å². The molecule has 2 N–H and O–H groups in total. The van der Waals surface area contributed by atoms with Gasteiger partial charge in [0.15, 0.2) is 0 Å². The molecule has 0 spiro atoms. The predicted molar refractivity (Wildman–Crippen MR) is 129 cm³/mol. The number of anilines is 1. The van der Waals surface area contributed by atoms with Gasteiger partial charge in [0.25, 0.3) is 0 Å². The summed E-state index contributed by atoms with van der Waals surface area (Å²) in [5, 5.41) is 11.9. The van der Waals surface area contributed by atoms with Crippen molar-refractivity contribution in [2.75, 3.05) is 18.4 Å². The molecule has 1 aliphatic rings. The normalized spacial score (nSPS) is 14.9. The van der Waals surface area contributed by atoms with E-state index in [0.29, 0.717) is 11.3 Å². The van der Waals surface area contributed by atoms with Gasteiger partial charge in [0.05, 0.1) is 5.41 Å². The molecule has 11 heteroatoms. The predicted octanol–water partition coefficient (Wildman–Crippen LogP) is 4.47. The van der Waals surface area contributed by atoms with Crippen LogP contribution >= 0.6 is 0 Å². The summed E-state index contributed by atoms with van der Waals surface area (Å²) >= 11 is 0. The standard InChI is InChI=1S/C26H30F3N3O5/c1-14(2)16-7-6-8-17(27)20(16)26(12-32(13-26)19(33)11-25(4,5)23(35)36)22(34)31-18-10-9-15(3)30-21(18)37-24(28)29/h6-10,14,24H,11-13H2,1-5H3,(H,31,34)(H,35,36). The van der Waals surface area contributed by atoms with Gasteiger partial charge in [-0.05, 0) is 50.5 Å². The number of benzene rings is 1. The van der Waals surface area contributed by atoms with E-state index in [0.717, 1.165) is 0 Å². The van der Waals surface area contributed by atoms with Crippen LogP contribution in [-0.4, -0.2) is 52.5 Å². The number of rotatable bonds is 9. The van der Waals surface area contributed by atoms with E-state index in [4.69, 9.17) is 0 Å². The third-order valence-corrected chi connectivity index (χ3v) is 6.48. The van der Waals surface area contributed by atoms with Crippen LogP contribution in [-0.2, 0) is 19.8 Å². The smallest absolute Gasteiger partial charge is 0.388 e. The Hall–Kier alpha value is -3.63. The molecule has 0 radical (unpaired) electrons. The number of carboxylic acids is 1. The number of aryl methyl sites for hydroxylation is 1. The quantitative estimate of drug-likeness (QED) is 0.504. The molecule has 0 atom stereocenters. The molecule has 1 aromatic heterocycles. The zero-order valence-electron chi connectivity index (χ0n) is 21.3. The van der Waals surface area contributed by atoms with Crippen LogP contribution in [0.5, 0.6) is 5.88 Å². The molecular formula is C26H30F3N3O5. The topological polar surface area (TPSA) is 109 Å². The molecule has 1 aromatic carbocycles. The molecular weight excluding hydrogens is 491 g/mol. The lowest BCUT2D eigenvalue weighted by Gasteiger charge is -2.50. The fourth-order valence-electron chi connectivity index (χ4n) is 4.33. The first kappa shape index (κ1) is 27.9. The number of aliphatic carboxylic acids is 1. The Morgan fingerprint density at radius 3 is 2.41 bits per heavy atom. The zero-order chi connectivity index (χ0) is 27.7. The maximum atomic E-state index is 15.3. The van der Waals surface area contributed by atoms with E-state index in [1.54, 1.807) is 13.0 Å². The first-order valence-electron chi connectivity index (χ1n) is 11.7. The van der Waals surface area contributed by atoms with Gasteiger partial charge >= 0.3 is 12.6 Å². The van der Waals surface area contributed by atoms with E-state index in [1.807, 2.05) is 13.8 Å². The first-order chi connectivity index (χ1) is 17.2. The Morgan fingerprint density at radius 2 is 1.84 bits per heavy atom. The molecule has 200 valence electrons. The van der Waals surface area contributed by atoms with E-state index in [1.165, 1.54) is 43.0 Å². The van der Waals surface area contributed by atoms with E-state index >= 15 is 4.39 Å². The van der Waals surface area contributed by atoms with Gasteiger partial charge in [0, 0.05) is 30.8 Å². The van der Waals surface area contributed by atoms with Crippen molar-refractivity contribution in [2.24, 2.45) is 5.41 Å². The average Bonchev–Trinajstić information content (AvgIpc) is 2.74. The number of hydrogen-bond donors (Lipinski definition) is 2. The van der Waals surface area contributed by atoms with Crippen molar-refractivity contribution in [3.63, 3.8) is 0 Å². The maximum absolute atomic E-state index is 15.3. The zero-order valence-corrected chi connectivity index (χ0v) is 21.3. The van der Waals surface area contributed by atoms with Crippen LogP contribution in [0.4, 0.5) is 18.9 Å². The number of aromatic nitrogens is 1. The van der Waals surface area contributed by atoms with Gasteiger partial charge in [-0.3, -0.25) is 14.4 Å². The minimum atomic E-state index is -3.19. The lowest BCUT2D eigenvalue weighted by atomic mass is 9.69. The minimum Gasteiger partial charge on any atom is -0.481 e. The van der Waals surface area contributed by atoms with Crippen molar-refractivity contribution in [2.45, 2.75) is 59.0 Å². The number of nitrogens with zero attached hydrogens (tertiary/aromatic N) is 2. The number of halogens is 3. The number of nitrogens with one attached hydrogen (secondary N) is 1. The maximum Gasteiger partial charge on any atom is 0.388 e.